The van der Waals surface area contributed by atoms with Gasteiger partial charge in [-0.3, -0.25) is 4.98 Å². The minimum Gasteiger partial charge on any atom is -0.493 e. The van der Waals surface area contributed by atoms with Crippen molar-refractivity contribution in [2.24, 2.45) is 0 Å². The zero-order valence-corrected chi connectivity index (χ0v) is 21.5. The standard InChI is InChI=1S/C27H15F8NO5S/c28-21-22(29)24(31)26(25(32)23(21)30)41-42(37,38)14-5-6-15-19(8-10-39-20(15)12-14)40-18-7-4-13(27(33,34)35)11-16(18)17-3-1-2-9-36-17/h1-7,9,11-12,19H,8,10H2. The number of hydrogen-bond acceptors (Lipinski definition) is 6. The van der Waals surface area contributed by atoms with E-state index in [-0.39, 0.29) is 41.3 Å². The predicted octanol–water partition coefficient (Wildman–Crippen LogP) is 7.13. The van der Waals surface area contributed by atoms with Gasteiger partial charge in [0, 0.05) is 29.8 Å². The normalized spacial score (nSPS) is 15.1. The van der Waals surface area contributed by atoms with Gasteiger partial charge < -0.3 is 13.7 Å². The van der Waals surface area contributed by atoms with Gasteiger partial charge in [-0.05, 0) is 36.4 Å². The zero-order valence-electron chi connectivity index (χ0n) is 20.7. The molecule has 0 fully saturated rings. The van der Waals surface area contributed by atoms with Gasteiger partial charge in [-0.15, -0.1) is 0 Å². The molecule has 1 unspecified atom stereocenters. The Morgan fingerprint density at radius 3 is 2.19 bits per heavy atom. The highest BCUT2D eigenvalue weighted by molar-refractivity contribution is 7.87. The lowest BCUT2D eigenvalue weighted by molar-refractivity contribution is -0.137. The molecule has 6 nitrogen and oxygen atoms in total. The summed E-state index contributed by atoms with van der Waals surface area (Å²) in [5.41, 5.74) is -0.457. The van der Waals surface area contributed by atoms with Crippen molar-refractivity contribution in [1.29, 1.82) is 0 Å². The van der Waals surface area contributed by atoms with E-state index in [1.807, 2.05) is 0 Å². The summed E-state index contributed by atoms with van der Waals surface area (Å²) >= 11 is 0. The molecule has 1 atom stereocenters. The maximum Gasteiger partial charge on any atom is 0.416 e. The van der Waals surface area contributed by atoms with Crippen molar-refractivity contribution in [3.05, 3.63) is 101 Å². The average Bonchev–Trinajstić information content (AvgIpc) is 2.97. The molecule has 0 bridgehead atoms. The second-order valence-electron chi connectivity index (χ2n) is 8.80. The zero-order chi connectivity index (χ0) is 30.4. The van der Waals surface area contributed by atoms with Crippen molar-refractivity contribution in [2.45, 2.75) is 23.6 Å². The van der Waals surface area contributed by atoms with Crippen molar-refractivity contribution in [3.63, 3.8) is 0 Å². The Balaban J connectivity index is 1.47. The van der Waals surface area contributed by atoms with Crippen molar-refractivity contribution in [2.75, 3.05) is 6.61 Å². The maximum absolute atomic E-state index is 14.0. The van der Waals surface area contributed by atoms with Crippen LogP contribution in [-0.2, 0) is 16.3 Å². The number of alkyl halides is 3. The Hall–Kier alpha value is -4.40. The summed E-state index contributed by atoms with van der Waals surface area (Å²) in [6.07, 6.45) is -3.93. The van der Waals surface area contributed by atoms with Gasteiger partial charge in [-0.25, -0.2) is 13.2 Å². The summed E-state index contributed by atoms with van der Waals surface area (Å²) in [4.78, 5) is 3.34. The monoisotopic (exact) mass is 617 g/mol. The fourth-order valence-corrected chi connectivity index (χ4v) is 5.06. The molecule has 1 aliphatic heterocycles. The number of benzene rings is 3. The van der Waals surface area contributed by atoms with Gasteiger partial charge in [0.2, 0.25) is 34.8 Å². The van der Waals surface area contributed by atoms with E-state index in [0.29, 0.717) is 0 Å². The van der Waals surface area contributed by atoms with Gasteiger partial charge >= 0.3 is 16.3 Å². The van der Waals surface area contributed by atoms with Crippen molar-refractivity contribution >= 4 is 10.1 Å². The summed E-state index contributed by atoms with van der Waals surface area (Å²) in [6, 6.07) is 10.5. The van der Waals surface area contributed by atoms with E-state index in [1.54, 1.807) is 12.1 Å². The summed E-state index contributed by atoms with van der Waals surface area (Å²) in [5.74, 6) is -14.4. The molecule has 220 valence electrons. The number of fused-ring (bicyclic) bond motifs is 1. The molecule has 1 aliphatic rings. The van der Waals surface area contributed by atoms with Gasteiger partial charge in [0.1, 0.15) is 22.5 Å². The Bertz CT molecular complexity index is 1750. The van der Waals surface area contributed by atoms with Crippen LogP contribution in [0.3, 0.4) is 0 Å². The van der Waals surface area contributed by atoms with Gasteiger partial charge in [-0.1, -0.05) is 12.1 Å². The first-order valence-electron chi connectivity index (χ1n) is 11.8. The number of halogens is 8. The third-order valence-corrected chi connectivity index (χ3v) is 7.36. The van der Waals surface area contributed by atoms with Crippen LogP contribution in [0.5, 0.6) is 17.2 Å². The first kappa shape index (κ1) is 29.1. The number of nitrogens with zero attached hydrogens (tertiary/aromatic N) is 1. The van der Waals surface area contributed by atoms with Gasteiger partial charge in [0.25, 0.3) is 0 Å². The van der Waals surface area contributed by atoms with E-state index in [0.717, 1.165) is 30.3 Å². The van der Waals surface area contributed by atoms with Crippen LogP contribution in [0.2, 0.25) is 0 Å². The molecule has 3 aromatic carbocycles. The van der Waals surface area contributed by atoms with E-state index in [9.17, 15) is 43.5 Å². The number of pyridine rings is 1. The minimum absolute atomic E-state index is 0.0332. The van der Waals surface area contributed by atoms with E-state index in [4.69, 9.17) is 9.47 Å². The van der Waals surface area contributed by atoms with Crippen LogP contribution in [0.15, 0.2) is 65.7 Å². The number of hydrogen-bond donors (Lipinski definition) is 0. The van der Waals surface area contributed by atoms with Crippen LogP contribution in [0.1, 0.15) is 23.7 Å². The quantitative estimate of drug-likeness (QED) is 0.0992. The lowest BCUT2D eigenvalue weighted by Gasteiger charge is -2.28. The van der Waals surface area contributed by atoms with Crippen LogP contribution >= 0.6 is 0 Å². The largest absolute Gasteiger partial charge is 0.493 e. The van der Waals surface area contributed by atoms with Crippen molar-refractivity contribution in [3.8, 4) is 28.5 Å². The molecule has 5 rings (SSSR count). The summed E-state index contributed by atoms with van der Waals surface area (Å²) in [7, 11) is -5.15. The van der Waals surface area contributed by atoms with Crippen LogP contribution in [-0.4, -0.2) is 20.0 Å². The van der Waals surface area contributed by atoms with Crippen molar-refractivity contribution < 1.29 is 57.2 Å². The molecule has 42 heavy (non-hydrogen) atoms. The Kier molecular flexibility index (Phi) is 7.47. The molecular formula is C27H15F8NO5S. The van der Waals surface area contributed by atoms with Crippen LogP contribution in [0.4, 0.5) is 35.1 Å². The molecule has 0 saturated carbocycles. The van der Waals surface area contributed by atoms with E-state index < -0.39 is 67.7 Å². The molecule has 1 aromatic heterocycles. The van der Waals surface area contributed by atoms with Gasteiger partial charge in [-0.2, -0.15) is 30.4 Å². The van der Waals surface area contributed by atoms with Crippen molar-refractivity contribution in [1.82, 2.24) is 4.98 Å². The summed E-state index contributed by atoms with van der Waals surface area (Å²) < 4.78 is 150. The number of ether oxygens (including phenoxy) is 2. The first-order chi connectivity index (χ1) is 19.8. The van der Waals surface area contributed by atoms with E-state index >= 15 is 0 Å². The second-order valence-corrected chi connectivity index (χ2v) is 10.3. The Labute approximate surface area is 232 Å². The SMILES string of the molecule is O=S(=O)(Oc1c(F)c(F)c(F)c(F)c1F)c1ccc2c(c1)OCCC2Oc1ccc(C(F)(F)F)cc1-c1ccccn1. The lowest BCUT2D eigenvalue weighted by Crippen LogP contribution is -2.20. The maximum atomic E-state index is 14.0. The summed E-state index contributed by atoms with van der Waals surface area (Å²) in [6.45, 7) is -0.0424. The molecule has 0 spiro atoms. The molecule has 0 amide bonds. The van der Waals surface area contributed by atoms with Crippen LogP contribution in [0.25, 0.3) is 11.3 Å². The predicted molar refractivity (Wildman–Crippen MR) is 129 cm³/mol. The van der Waals surface area contributed by atoms with Crippen LogP contribution < -0.4 is 13.7 Å². The molecule has 0 aliphatic carbocycles. The number of rotatable bonds is 6. The van der Waals surface area contributed by atoms with Gasteiger partial charge in [0.05, 0.1) is 17.9 Å². The average molecular weight is 617 g/mol. The fraction of sp³-hybridized carbons (Fsp3) is 0.148. The molecular weight excluding hydrogens is 602 g/mol. The van der Waals surface area contributed by atoms with Gasteiger partial charge in [0.15, 0.2) is 0 Å². The smallest absolute Gasteiger partial charge is 0.416 e. The molecule has 15 heteroatoms. The third kappa shape index (κ3) is 5.43. The Morgan fingerprint density at radius 1 is 0.857 bits per heavy atom. The molecule has 0 N–H and O–H groups in total. The fourth-order valence-electron chi connectivity index (χ4n) is 4.12. The Morgan fingerprint density at radius 2 is 1.55 bits per heavy atom. The first-order valence-corrected chi connectivity index (χ1v) is 13.2. The molecule has 0 radical (unpaired) electrons. The number of aromatic nitrogens is 1. The van der Waals surface area contributed by atoms with E-state index in [2.05, 4.69) is 9.17 Å². The topological polar surface area (TPSA) is 74.7 Å². The molecule has 0 saturated heterocycles. The molecule has 4 aromatic rings. The third-order valence-electron chi connectivity index (χ3n) is 6.14. The van der Waals surface area contributed by atoms with E-state index in [1.165, 1.54) is 18.3 Å². The highest BCUT2D eigenvalue weighted by Crippen LogP contribution is 2.42. The highest BCUT2D eigenvalue weighted by atomic mass is 32.2. The lowest BCUT2D eigenvalue weighted by atomic mass is 10.0. The van der Waals surface area contributed by atoms with Crippen LogP contribution in [0, 0.1) is 29.1 Å². The second kappa shape index (κ2) is 10.8. The highest BCUT2D eigenvalue weighted by Gasteiger charge is 2.34. The minimum atomic E-state index is -5.15. The summed E-state index contributed by atoms with van der Waals surface area (Å²) in [5, 5.41) is 0. The molecule has 2 heterocycles.